The summed E-state index contributed by atoms with van der Waals surface area (Å²) in [6.07, 6.45) is 11.5. The molecule has 0 aliphatic carbocycles. The van der Waals surface area contributed by atoms with Crippen molar-refractivity contribution >= 4 is 5.91 Å². The molecule has 2 aliphatic rings. The summed E-state index contributed by atoms with van der Waals surface area (Å²) in [5.41, 5.74) is 0. The predicted molar refractivity (Wildman–Crippen MR) is 90.5 cm³/mol. The van der Waals surface area contributed by atoms with E-state index in [2.05, 4.69) is 30.7 Å². The third kappa shape index (κ3) is 7.30. The highest BCUT2D eigenvalue weighted by Crippen LogP contribution is 2.21. The monoisotopic (exact) mass is 296 g/mol. The van der Waals surface area contributed by atoms with Crippen molar-refractivity contribution in [3.63, 3.8) is 0 Å². The van der Waals surface area contributed by atoms with E-state index in [0.717, 1.165) is 39.0 Å². The first-order valence-electron chi connectivity index (χ1n) is 9.16. The zero-order valence-corrected chi connectivity index (χ0v) is 14.6. The van der Waals surface area contributed by atoms with E-state index >= 15 is 0 Å². The number of rotatable bonds is 5. The number of nitrogens with zero attached hydrogens (tertiary/aromatic N) is 2. The summed E-state index contributed by atoms with van der Waals surface area (Å²) in [4.78, 5) is 16.4. The zero-order chi connectivity index (χ0) is 15.5. The first-order chi connectivity index (χ1) is 10.2. The second kappa shape index (κ2) is 11.1. The molecular weight excluding hydrogens is 260 g/mol. The molecule has 0 aromatic rings. The van der Waals surface area contributed by atoms with Crippen LogP contribution in [0.1, 0.15) is 71.6 Å². The van der Waals surface area contributed by atoms with Gasteiger partial charge in [-0.15, -0.1) is 0 Å². The Hall–Kier alpha value is -0.570. The zero-order valence-electron chi connectivity index (χ0n) is 14.6. The van der Waals surface area contributed by atoms with Crippen molar-refractivity contribution in [3.05, 3.63) is 0 Å². The lowest BCUT2D eigenvalue weighted by Crippen LogP contribution is -2.40. The Balaban J connectivity index is 0.000000270. The maximum Gasteiger partial charge on any atom is 0.225 e. The van der Waals surface area contributed by atoms with Crippen molar-refractivity contribution in [2.24, 2.45) is 5.92 Å². The maximum absolute atomic E-state index is 12.0. The molecule has 2 fully saturated rings. The van der Waals surface area contributed by atoms with Crippen molar-refractivity contribution in [1.29, 1.82) is 0 Å². The predicted octanol–water partition coefficient (Wildman–Crippen LogP) is 3.93. The van der Waals surface area contributed by atoms with Crippen molar-refractivity contribution in [2.45, 2.75) is 71.6 Å². The van der Waals surface area contributed by atoms with Crippen molar-refractivity contribution in [1.82, 2.24) is 9.80 Å². The van der Waals surface area contributed by atoms with Gasteiger partial charge in [-0.25, -0.2) is 0 Å². The lowest BCUT2D eigenvalue weighted by molar-refractivity contribution is -0.135. The number of amides is 1. The van der Waals surface area contributed by atoms with Gasteiger partial charge in [0.25, 0.3) is 0 Å². The van der Waals surface area contributed by atoms with Crippen LogP contribution in [0.3, 0.4) is 0 Å². The fourth-order valence-corrected chi connectivity index (χ4v) is 3.13. The van der Waals surface area contributed by atoms with Crippen LogP contribution in [0, 0.1) is 5.92 Å². The molecule has 0 spiro atoms. The molecule has 0 radical (unpaired) electrons. The quantitative estimate of drug-likeness (QED) is 0.718. The molecule has 3 heteroatoms. The van der Waals surface area contributed by atoms with Crippen LogP contribution < -0.4 is 0 Å². The topological polar surface area (TPSA) is 23.6 Å². The van der Waals surface area contributed by atoms with Gasteiger partial charge in [0.2, 0.25) is 5.91 Å². The Bertz CT molecular complexity index is 262. The molecule has 0 N–H and O–H groups in total. The number of piperidine rings is 1. The van der Waals surface area contributed by atoms with Gasteiger partial charge in [0.1, 0.15) is 0 Å². The Labute approximate surface area is 132 Å². The fraction of sp³-hybridized carbons (Fsp3) is 0.944. The highest BCUT2D eigenvalue weighted by atomic mass is 16.2. The molecule has 0 saturated carbocycles. The first-order valence-corrected chi connectivity index (χ1v) is 9.16. The van der Waals surface area contributed by atoms with E-state index in [4.69, 9.17) is 0 Å². The molecule has 21 heavy (non-hydrogen) atoms. The van der Waals surface area contributed by atoms with Crippen LogP contribution in [0.25, 0.3) is 0 Å². The molecular formula is C18H36N2O. The Kier molecular flexibility index (Phi) is 9.73. The molecule has 124 valence electrons. The van der Waals surface area contributed by atoms with E-state index in [1.165, 1.54) is 44.9 Å². The third-order valence-corrected chi connectivity index (χ3v) is 4.69. The second-order valence-corrected chi connectivity index (χ2v) is 6.67. The van der Waals surface area contributed by atoms with Crippen LogP contribution >= 0.6 is 0 Å². The van der Waals surface area contributed by atoms with Crippen LogP contribution in [0.4, 0.5) is 0 Å². The maximum atomic E-state index is 12.0. The van der Waals surface area contributed by atoms with E-state index in [0.29, 0.717) is 11.8 Å². The normalized spacial score (nSPS) is 20.2. The molecule has 2 heterocycles. The molecule has 0 atom stereocenters. The van der Waals surface area contributed by atoms with E-state index in [9.17, 15) is 4.79 Å². The average molecular weight is 296 g/mol. The minimum Gasteiger partial charge on any atom is -0.342 e. The van der Waals surface area contributed by atoms with Gasteiger partial charge in [0.15, 0.2) is 0 Å². The highest BCUT2D eigenvalue weighted by molar-refractivity contribution is 5.79. The Morgan fingerprint density at radius 1 is 0.905 bits per heavy atom. The number of carbonyl (C=O) groups excluding carboxylic acids is 1. The number of unbranched alkanes of at least 4 members (excludes halogenated alkanes) is 4. The van der Waals surface area contributed by atoms with Gasteiger partial charge in [0, 0.05) is 19.0 Å². The fourth-order valence-electron chi connectivity index (χ4n) is 3.13. The summed E-state index contributed by atoms with van der Waals surface area (Å²) in [6.45, 7) is 8.68. The van der Waals surface area contributed by atoms with Crippen LogP contribution in [-0.2, 0) is 4.79 Å². The average Bonchev–Trinajstić information content (AvgIpc) is 3.03. The standard InChI is InChI=1S/C11H20N2O.C7H16/c1-12-8-4-10(5-9-12)11(14)13-6-2-3-7-13;1-3-5-7-6-4-2/h10H,2-9H2,1H3;3-7H2,1-2H3. The van der Waals surface area contributed by atoms with E-state index in [-0.39, 0.29) is 0 Å². The Morgan fingerprint density at radius 3 is 1.90 bits per heavy atom. The summed E-state index contributed by atoms with van der Waals surface area (Å²) in [7, 11) is 2.14. The summed E-state index contributed by atoms with van der Waals surface area (Å²) < 4.78 is 0. The van der Waals surface area contributed by atoms with Crippen molar-refractivity contribution in [2.75, 3.05) is 33.2 Å². The highest BCUT2D eigenvalue weighted by Gasteiger charge is 2.28. The number of hydrogen-bond donors (Lipinski definition) is 0. The molecule has 3 nitrogen and oxygen atoms in total. The van der Waals surface area contributed by atoms with Crippen molar-refractivity contribution in [3.8, 4) is 0 Å². The van der Waals surface area contributed by atoms with Gasteiger partial charge >= 0.3 is 0 Å². The van der Waals surface area contributed by atoms with Crippen LogP contribution in [0.2, 0.25) is 0 Å². The first kappa shape index (κ1) is 18.5. The van der Waals surface area contributed by atoms with E-state index < -0.39 is 0 Å². The van der Waals surface area contributed by atoms with Crippen molar-refractivity contribution < 1.29 is 4.79 Å². The van der Waals surface area contributed by atoms with E-state index in [1.54, 1.807) is 0 Å². The summed E-state index contributed by atoms with van der Waals surface area (Å²) in [6, 6.07) is 0. The number of hydrogen-bond acceptors (Lipinski definition) is 2. The Morgan fingerprint density at radius 2 is 1.43 bits per heavy atom. The summed E-state index contributed by atoms with van der Waals surface area (Å²) in [5, 5.41) is 0. The molecule has 0 aromatic carbocycles. The van der Waals surface area contributed by atoms with E-state index in [1.807, 2.05) is 0 Å². The molecule has 0 unspecified atom stereocenters. The minimum absolute atomic E-state index is 0.323. The number of carbonyl (C=O) groups is 1. The second-order valence-electron chi connectivity index (χ2n) is 6.67. The minimum atomic E-state index is 0.323. The molecule has 2 saturated heterocycles. The smallest absolute Gasteiger partial charge is 0.225 e. The number of likely N-dealkylation sites (tertiary alicyclic amines) is 2. The van der Waals surface area contributed by atoms with Crippen LogP contribution in [0.5, 0.6) is 0 Å². The lowest BCUT2D eigenvalue weighted by Gasteiger charge is -2.30. The molecule has 0 bridgehead atoms. The van der Waals surface area contributed by atoms with Gasteiger partial charge in [-0.3, -0.25) is 4.79 Å². The van der Waals surface area contributed by atoms with Gasteiger partial charge in [-0.05, 0) is 45.8 Å². The van der Waals surface area contributed by atoms with Crippen LogP contribution in [0.15, 0.2) is 0 Å². The molecule has 2 rings (SSSR count). The molecule has 0 aromatic heterocycles. The third-order valence-electron chi connectivity index (χ3n) is 4.69. The van der Waals surface area contributed by atoms with Gasteiger partial charge in [0.05, 0.1) is 0 Å². The van der Waals surface area contributed by atoms with Crippen LogP contribution in [-0.4, -0.2) is 48.9 Å². The van der Waals surface area contributed by atoms with Gasteiger partial charge in [-0.2, -0.15) is 0 Å². The van der Waals surface area contributed by atoms with Gasteiger partial charge in [-0.1, -0.05) is 46.0 Å². The SMILES string of the molecule is CCCCCCC.CN1CCC(C(=O)N2CCCC2)CC1. The largest absolute Gasteiger partial charge is 0.342 e. The lowest BCUT2D eigenvalue weighted by atomic mass is 9.96. The summed E-state index contributed by atoms with van der Waals surface area (Å²) >= 11 is 0. The molecule has 2 aliphatic heterocycles. The molecule has 1 amide bonds. The summed E-state index contributed by atoms with van der Waals surface area (Å²) in [5.74, 6) is 0.750. The van der Waals surface area contributed by atoms with Gasteiger partial charge < -0.3 is 9.80 Å².